The van der Waals surface area contributed by atoms with Crippen LogP contribution in [0, 0.1) is 5.82 Å². The molecule has 23 heavy (non-hydrogen) atoms. The Bertz CT molecular complexity index is 823. The summed E-state index contributed by atoms with van der Waals surface area (Å²) in [4.78, 5) is 11.5. The van der Waals surface area contributed by atoms with Gasteiger partial charge in [0.15, 0.2) is 0 Å². The van der Waals surface area contributed by atoms with Crippen molar-refractivity contribution in [3.8, 4) is 0 Å². The van der Waals surface area contributed by atoms with Crippen LogP contribution in [-0.2, 0) is 10.0 Å². The zero-order valence-corrected chi connectivity index (χ0v) is 13.7. The Labute approximate surface area is 138 Å². The van der Waals surface area contributed by atoms with E-state index in [2.05, 4.69) is 10.0 Å². The number of rotatable bonds is 5. The molecule has 0 saturated heterocycles. The van der Waals surface area contributed by atoms with Crippen LogP contribution >= 0.6 is 11.6 Å². The summed E-state index contributed by atoms with van der Waals surface area (Å²) < 4.78 is 39.9. The van der Waals surface area contributed by atoms with E-state index >= 15 is 0 Å². The van der Waals surface area contributed by atoms with Gasteiger partial charge in [0.2, 0.25) is 0 Å². The number of halogens is 2. The molecule has 0 unspecified atom stereocenters. The quantitative estimate of drug-likeness (QED) is 0.864. The van der Waals surface area contributed by atoms with Crippen molar-refractivity contribution in [2.24, 2.45) is 0 Å². The Morgan fingerprint density at radius 3 is 2.39 bits per heavy atom. The lowest BCUT2D eigenvalue weighted by molar-refractivity contribution is 0.0956. The van der Waals surface area contributed by atoms with E-state index in [1.807, 2.05) is 0 Å². The maximum Gasteiger partial charge on any atom is 0.261 e. The highest BCUT2D eigenvalue weighted by atomic mass is 35.5. The zero-order valence-electron chi connectivity index (χ0n) is 12.1. The Morgan fingerprint density at radius 1 is 1.17 bits per heavy atom. The summed E-state index contributed by atoms with van der Waals surface area (Å²) in [5, 5.41) is 2.36. The molecule has 0 aliphatic heterocycles. The van der Waals surface area contributed by atoms with Crippen molar-refractivity contribution >= 4 is 33.2 Å². The minimum atomic E-state index is -3.90. The molecule has 0 radical (unpaired) electrons. The molecule has 0 fully saturated rings. The zero-order chi connectivity index (χ0) is 17.0. The van der Waals surface area contributed by atoms with E-state index in [4.69, 9.17) is 11.6 Å². The van der Waals surface area contributed by atoms with Gasteiger partial charge in [0.1, 0.15) is 5.82 Å². The molecule has 0 aliphatic rings. The van der Waals surface area contributed by atoms with Crippen molar-refractivity contribution in [2.45, 2.75) is 11.8 Å². The standard InChI is InChI=1S/C15H14ClFN2O3S/c1-2-18-15(20)10-3-5-11(6-4-10)19-23(21,22)12-7-8-14(17)13(16)9-12/h3-9,19H,2H2,1H3,(H,18,20). The van der Waals surface area contributed by atoms with E-state index in [9.17, 15) is 17.6 Å². The molecule has 0 atom stereocenters. The molecule has 2 aromatic rings. The van der Waals surface area contributed by atoms with Crippen LogP contribution in [0.3, 0.4) is 0 Å². The third kappa shape index (κ3) is 4.20. The van der Waals surface area contributed by atoms with Gasteiger partial charge in [0.25, 0.3) is 15.9 Å². The molecule has 0 bridgehead atoms. The van der Waals surface area contributed by atoms with Gasteiger partial charge in [0.05, 0.1) is 9.92 Å². The molecule has 5 nitrogen and oxygen atoms in total. The lowest BCUT2D eigenvalue weighted by Gasteiger charge is -2.09. The molecule has 2 aromatic carbocycles. The van der Waals surface area contributed by atoms with Crippen LogP contribution in [0.1, 0.15) is 17.3 Å². The minimum absolute atomic E-state index is 0.156. The van der Waals surface area contributed by atoms with Gasteiger partial charge < -0.3 is 5.32 Å². The van der Waals surface area contributed by atoms with E-state index < -0.39 is 15.8 Å². The maximum atomic E-state index is 13.1. The molecule has 0 spiro atoms. The van der Waals surface area contributed by atoms with Crippen molar-refractivity contribution in [3.63, 3.8) is 0 Å². The molecule has 0 saturated carbocycles. The van der Waals surface area contributed by atoms with E-state index in [1.165, 1.54) is 24.3 Å². The van der Waals surface area contributed by atoms with Crippen molar-refractivity contribution in [3.05, 3.63) is 58.9 Å². The van der Waals surface area contributed by atoms with E-state index in [-0.39, 0.29) is 21.5 Å². The predicted octanol–water partition coefficient (Wildman–Crippen LogP) is 3.03. The predicted molar refractivity (Wildman–Crippen MR) is 86.7 cm³/mol. The van der Waals surface area contributed by atoms with Crippen LogP contribution in [0.2, 0.25) is 5.02 Å². The number of amides is 1. The first kappa shape index (κ1) is 17.2. The largest absolute Gasteiger partial charge is 0.352 e. The Hall–Kier alpha value is -2.12. The highest BCUT2D eigenvalue weighted by molar-refractivity contribution is 7.92. The lowest BCUT2D eigenvalue weighted by atomic mass is 10.2. The second-order valence-corrected chi connectivity index (χ2v) is 6.71. The van der Waals surface area contributed by atoms with Crippen molar-refractivity contribution in [1.82, 2.24) is 5.32 Å². The Morgan fingerprint density at radius 2 is 1.83 bits per heavy atom. The fraction of sp³-hybridized carbons (Fsp3) is 0.133. The first-order valence-corrected chi connectivity index (χ1v) is 8.55. The Balaban J connectivity index is 2.20. The average Bonchev–Trinajstić information content (AvgIpc) is 2.50. The number of anilines is 1. The summed E-state index contributed by atoms with van der Waals surface area (Å²) in [6.07, 6.45) is 0. The highest BCUT2D eigenvalue weighted by Gasteiger charge is 2.16. The van der Waals surface area contributed by atoms with Gasteiger partial charge in [0, 0.05) is 17.8 Å². The van der Waals surface area contributed by atoms with Crippen molar-refractivity contribution in [2.75, 3.05) is 11.3 Å². The fourth-order valence-electron chi connectivity index (χ4n) is 1.81. The average molecular weight is 357 g/mol. The summed E-state index contributed by atoms with van der Waals surface area (Å²) in [6.45, 7) is 2.30. The molecule has 2 N–H and O–H groups in total. The van der Waals surface area contributed by atoms with Gasteiger partial charge in [-0.1, -0.05) is 11.6 Å². The molecule has 0 aromatic heterocycles. The number of nitrogens with one attached hydrogen (secondary N) is 2. The summed E-state index contributed by atoms with van der Waals surface area (Å²) in [5.74, 6) is -0.941. The number of benzene rings is 2. The molecule has 8 heteroatoms. The molecule has 122 valence electrons. The van der Waals surface area contributed by atoms with E-state index in [0.29, 0.717) is 12.1 Å². The first-order chi connectivity index (χ1) is 10.8. The number of sulfonamides is 1. The van der Waals surface area contributed by atoms with Crippen LogP contribution in [0.15, 0.2) is 47.4 Å². The number of hydrogen-bond acceptors (Lipinski definition) is 3. The van der Waals surface area contributed by atoms with Gasteiger partial charge >= 0.3 is 0 Å². The SMILES string of the molecule is CCNC(=O)c1ccc(NS(=O)(=O)c2ccc(F)c(Cl)c2)cc1. The van der Waals surface area contributed by atoms with Crippen molar-refractivity contribution in [1.29, 1.82) is 0 Å². The van der Waals surface area contributed by atoms with Crippen LogP contribution < -0.4 is 10.0 Å². The summed E-state index contributed by atoms with van der Waals surface area (Å²) in [5.41, 5.74) is 0.693. The Kier molecular flexibility index (Phi) is 5.23. The number of hydrogen-bond donors (Lipinski definition) is 2. The second-order valence-electron chi connectivity index (χ2n) is 4.62. The number of carbonyl (C=O) groups excluding carboxylic acids is 1. The van der Waals surface area contributed by atoms with Crippen LogP contribution in [0.25, 0.3) is 0 Å². The molecular weight excluding hydrogens is 343 g/mol. The van der Waals surface area contributed by atoms with Gasteiger partial charge in [-0.2, -0.15) is 0 Å². The van der Waals surface area contributed by atoms with E-state index in [0.717, 1.165) is 18.2 Å². The first-order valence-electron chi connectivity index (χ1n) is 6.69. The maximum absolute atomic E-state index is 13.1. The fourth-order valence-corrected chi connectivity index (χ4v) is 3.14. The van der Waals surface area contributed by atoms with Crippen LogP contribution in [0.4, 0.5) is 10.1 Å². The monoisotopic (exact) mass is 356 g/mol. The van der Waals surface area contributed by atoms with Gasteiger partial charge in [-0.05, 0) is 49.4 Å². The van der Waals surface area contributed by atoms with Crippen molar-refractivity contribution < 1.29 is 17.6 Å². The third-order valence-electron chi connectivity index (χ3n) is 2.94. The summed E-state index contributed by atoms with van der Waals surface area (Å²) in [6, 6.07) is 9.06. The minimum Gasteiger partial charge on any atom is -0.352 e. The second kappa shape index (κ2) is 6.97. The summed E-state index contributed by atoms with van der Waals surface area (Å²) in [7, 11) is -3.90. The third-order valence-corrected chi connectivity index (χ3v) is 4.61. The number of carbonyl (C=O) groups is 1. The molecule has 0 heterocycles. The summed E-state index contributed by atoms with van der Waals surface area (Å²) >= 11 is 5.60. The van der Waals surface area contributed by atoms with Crippen LogP contribution in [0.5, 0.6) is 0 Å². The topological polar surface area (TPSA) is 75.3 Å². The van der Waals surface area contributed by atoms with Gasteiger partial charge in [-0.3, -0.25) is 9.52 Å². The molecular formula is C15H14ClFN2O3S. The van der Waals surface area contributed by atoms with E-state index in [1.54, 1.807) is 6.92 Å². The lowest BCUT2D eigenvalue weighted by Crippen LogP contribution is -2.22. The molecule has 1 amide bonds. The highest BCUT2D eigenvalue weighted by Crippen LogP contribution is 2.22. The van der Waals surface area contributed by atoms with Crippen LogP contribution in [-0.4, -0.2) is 20.9 Å². The van der Waals surface area contributed by atoms with Gasteiger partial charge in [-0.25, -0.2) is 12.8 Å². The molecule has 0 aliphatic carbocycles. The van der Waals surface area contributed by atoms with Gasteiger partial charge in [-0.15, -0.1) is 0 Å². The smallest absolute Gasteiger partial charge is 0.261 e. The molecule has 2 rings (SSSR count). The normalized spacial score (nSPS) is 11.1.